The van der Waals surface area contributed by atoms with E-state index < -0.39 is 0 Å². The first-order valence-corrected chi connectivity index (χ1v) is 5.64. The van der Waals surface area contributed by atoms with Crippen molar-refractivity contribution in [2.75, 3.05) is 5.43 Å². The van der Waals surface area contributed by atoms with Gasteiger partial charge in [0.15, 0.2) is 11.5 Å². The van der Waals surface area contributed by atoms with Crippen LogP contribution in [0.25, 0.3) is 16.0 Å². The van der Waals surface area contributed by atoms with Gasteiger partial charge in [0.05, 0.1) is 11.0 Å². The topological polar surface area (TPSA) is 55.3 Å². The van der Waals surface area contributed by atoms with Crippen molar-refractivity contribution in [2.45, 2.75) is 0 Å². The number of nitrogens with two attached hydrogens (primary N) is 1. The molecule has 1 heterocycles. The molecule has 0 saturated carbocycles. The van der Waals surface area contributed by atoms with Crippen molar-refractivity contribution in [3.63, 3.8) is 0 Å². The van der Waals surface area contributed by atoms with Gasteiger partial charge in [-0.3, -0.25) is 0 Å². The van der Waals surface area contributed by atoms with E-state index >= 15 is 0 Å². The van der Waals surface area contributed by atoms with Crippen LogP contribution in [0.15, 0.2) is 41.0 Å². The van der Waals surface area contributed by atoms with Crippen LogP contribution in [0.4, 0.5) is 11.5 Å². The molecule has 0 aliphatic rings. The first-order chi connectivity index (χ1) is 8.26. The predicted molar refractivity (Wildman–Crippen MR) is 71.4 cm³/mol. The van der Waals surface area contributed by atoms with E-state index in [1.807, 2.05) is 18.2 Å². The average molecular weight is 289 g/mol. The lowest BCUT2D eigenvalue weighted by Gasteiger charge is -2.08. The summed E-state index contributed by atoms with van der Waals surface area (Å²) in [5.74, 6) is 5.94. The van der Waals surface area contributed by atoms with E-state index in [0.29, 0.717) is 11.5 Å². The highest BCUT2D eigenvalue weighted by Crippen LogP contribution is 2.32. The Balaban J connectivity index is 2.49. The highest BCUT2D eigenvalue weighted by Gasteiger charge is 2.07. The second-order valence-corrected chi connectivity index (χ2v) is 4.12. The molecule has 0 atom stereocenters. The fourth-order valence-corrected chi connectivity index (χ4v) is 2.06. The monoisotopic (exact) mass is 288 g/mol. The van der Waals surface area contributed by atoms with Crippen LogP contribution >= 0.6 is 15.9 Å². The Morgan fingerprint density at radius 1 is 1.24 bits per heavy atom. The van der Waals surface area contributed by atoms with Crippen molar-refractivity contribution in [3.8, 4) is 11.1 Å². The van der Waals surface area contributed by atoms with Gasteiger partial charge in [-0.25, -0.2) is 15.7 Å². The molecule has 1 aromatic carbocycles. The van der Waals surface area contributed by atoms with Crippen LogP contribution in [0.2, 0.25) is 0 Å². The Morgan fingerprint density at radius 3 is 2.53 bits per heavy atom. The van der Waals surface area contributed by atoms with Gasteiger partial charge in [-0.2, -0.15) is 0 Å². The first-order valence-electron chi connectivity index (χ1n) is 4.85. The zero-order chi connectivity index (χ0) is 12.3. The van der Waals surface area contributed by atoms with E-state index in [9.17, 15) is 0 Å². The fourth-order valence-electron chi connectivity index (χ4n) is 1.48. The molecule has 2 aromatic rings. The predicted octanol–water partition coefficient (Wildman–Crippen LogP) is 3.35. The largest absolute Gasteiger partial charge is 0.308 e. The molecule has 0 unspecified atom stereocenters. The lowest BCUT2D eigenvalue weighted by molar-refractivity contribution is 1.22. The maximum absolute atomic E-state index is 6.90. The third-order valence-electron chi connectivity index (χ3n) is 2.33. The Hall–Kier alpha value is -1.90. The molecule has 84 valence electrons. The molecule has 0 amide bonds. The third kappa shape index (κ3) is 2.28. The molecular formula is C12H9BrN4. The Labute approximate surface area is 107 Å². The normalized spacial score (nSPS) is 9.71. The number of hydrogen-bond donors (Lipinski definition) is 2. The van der Waals surface area contributed by atoms with Gasteiger partial charge in [0, 0.05) is 11.8 Å². The summed E-state index contributed by atoms with van der Waals surface area (Å²) >= 11 is 3.45. The number of hydrazine groups is 1. The molecule has 0 aliphatic carbocycles. The Kier molecular flexibility index (Phi) is 3.38. The minimum atomic E-state index is 0.580. The molecule has 0 bridgehead atoms. The lowest BCUT2D eigenvalue weighted by Crippen LogP contribution is -2.09. The summed E-state index contributed by atoms with van der Waals surface area (Å²) in [7, 11) is 0. The highest BCUT2D eigenvalue weighted by atomic mass is 79.9. The Morgan fingerprint density at radius 2 is 1.94 bits per heavy atom. The quantitative estimate of drug-likeness (QED) is 0.506. The average Bonchev–Trinajstić information content (AvgIpc) is 2.39. The van der Waals surface area contributed by atoms with Gasteiger partial charge < -0.3 is 5.43 Å². The van der Waals surface area contributed by atoms with Crippen LogP contribution < -0.4 is 11.3 Å². The molecule has 0 radical (unpaired) electrons. The molecule has 4 nitrogen and oxygen atoms in total. The molecule has 17 heavy (non-hydrogen) atoms. The summed E-state index contributed by atoms with van der Waals surface area (Å²) in [6.45, 7) is 6.90. The van der Waals surface area contributed by atoms with Crippen molar-refractivity contribution in [1.82, 2.24) is 4.98 Å². The maximum Gasteiger partial charge on any atom is 0.187 e. The van der Waals surface area contributed by atoms with Crippen LogP contribution in [-0.4, -0.2) is 4.98 Å². The fraction of sp³-hybridized carbons (Fsp3) is 0. The molecular weight excluding hydrogens is 280 g/mol. The summed E-state index contributed by atoms with van der Waals surface area (Å²) < 4.78 is 0.804. The molecule has 0 fully saturated rings. The lowest BCUT2D eigenvalue weighted by atomic mass is 10.1. The molecule has 0 spiro atoms. The van der Waals surface area contributed by atoms with E-state index in [0.717, 1.165) is 15.6 Å². The van der Waals surface area contributed by atoms with E-state index in [-0.39, 0.29) is 0 Å². The SMILES string of the molecule is [C-]#[N+]c1ccc(-c2ccnc(NN)c2Br)cc1. The summed E-state index contributed by atoms with van der Waals surface area (Å²) in [5.41, 5.74) is 5.12. The number of nitrogens with one attached hydrogen (secondary N) is 1. The van der Waals surface area contributed by atoms with Crippen LogP contribution in [0.1, 0.15) is 0 Å². The van der Waals surface area contributed by atoms with Crippen molar-refractivity contribution in [3.05, 3.63) is 52.4 Å². The molecule has 0 aliphatic heterocycles. The third-order valence-corrected chi connectivity index (χ3v) is 3.14. The molecule has 0 saturated heterocycles. The number of nitrogen functional groups attached to an aromatic ring is 1. The van der Waals surface area contributed by atoms with Crippen LogP contribution in [0, 0.1) is 6.57 Å². The van der Waals surface area contributed by atoms with Crippen LogP contribution in [0.5, 0.6) is 0 Å². The number of nitrogens with zero attached hydrogens (tertiary/aromatic N) is 2. The summed E-state index contributed by atoms with van der Waals surface area (Å²) in [6.07, 6.45) is 1.68. The van der Waals surface area contributed by atoms with Gasteiger partial charge in [-0.15, -0.1) is 0 Å². The minimum Gasteiger partial charge on any atom is -0.308 e. The zero-order valence-corrected chi connectivity index (χ0v) is 10.4. The van der Waals surface area contributed by atoms with E-state index in [2.05, 4.69) is 31.2 Å². The van der Waals surface area contributed by atoms with Gasteiger partial charge in [-0.1, -0.05) is 24.3 Å². The van der Waals surface area contributed by atoms with Crippen molar-refractivity contribution in [2.24, 2.45) is 5.84 Å². The van der Waals surface area contributed by atoms with Crippen molar-refractivity contribution < 1.29 is 0 Å². The number of rotatable bonds is 2. The summed E-state index contributed by atoms with van der Waals surface area (Å²) in [4.78, 5) is 7.44. The van der Waals surface area contributed by atoms with Crippen molar-refractivity contribution in [1.29, 1.82) is 0 Å². The van der Waals surface area contributed by atoms with Crippen LogP contribution in [-0.2, 0) is 0 Å². The minimum absolute atomic E-state index is 0.580. The van der Waals surface area contributed by atoms with Gasteiger partial charge in [0.25, 0.3) is 0 Å². The van der Waals surface area contributed by atoms with Crippen LogP contribution in [0.3, 0.4) is 0 Å². The number of halogens is 1. The second kappa shape index (κ2) is 4.95. The first kappa shape index (κ1) is 11.6. The number of hydrogen-bond acceptors (Lipinski definition) is 3. The number of benzene rings is 1. The molecule has 3 N–H and O–H groups in total. The standard InChI is InChI=1S/C12H9BrN4/c1-15-9-4-2-8(3-5-9)10-6-7-16-12(17-14)11(10)13/h2-7H,14H2,(H,16,17). The van der Waals surface area contributed by atoms with Gasteiger partial charge >= 0.3 is 0 Å². The molecule has 2 rings (SSSR count). The number of aromatic nitrogens is 1. The molecule has 1 aromatic heterocycles. The number of anilines is 1. The summed E-state index contributed by atoms with van der Waals surface area (Å²) in [6, 6.07) is 9.24. The smallest absolute Gasteiger partial charge is 0.187 e. The highest BCUT2D eigenvalue weighted by molar-refractivity contribution is 9.10. The van der Waals surface area contributed by atoms with E-state index in [1.54, 1.807) is 18.3 Å². The number of pyridine rings is 1. The summed E-state index contributed by atoms with van der Waals surface area (Å²) in [5, 5.41) is 0. The van der Waals surface area contributed by atoms with Gasteiger partial charge in [0.2, 0.25) is 0 Å². The molecule has 5 heteroatoms. The van der Waals surface area contributed by atoms with E-state index in [4.69, 9.17) is 12.4 Å². The Bertz CT molecular complexity index is 572. The second-order valence-electron chi connectivity index (χ2n) is 3.32. The van der Waals surface area contributed by atoms with E-state index in [1.165, 1.54) is 0 Å². The maximum atomic E-state index is 6.90. The van der Waals surface area contributed by atoms with Crippen molar-refractivity contribution >= 4 is 27.4 Å². The van der Waals surface area contributed by atoms with Gasteiger partial charge in [0.1, 0.15) is 0 Å². The van der Waals surface area contributed by atoms with Gasteiger partial charge in [-0.05, 0) is 27.6 Å². The zero-order valence-electron chi connectivity index (χ0n) is 8.81.